The van der Waals surface area contributed by atoms with Gasteiger partial charge < -0.3 is 4.90 Å². The first kappa shape index (κ1) is 21.3. The van der Waals surface area contributed by atoms with E-state index in [1.54, 1.807) is 12.1 Å². The van der Waals surface area contributed by atoms with Crippen LogP contribution >= 0.6 is 11.6 Å². The van der Waals surface area contributed by atoms with E-state index < -0.39 is 29.5 Å². The zero-order chi connectivity index (χ0) is 20.3. The molecule has 2 aromatic rings. The molecule has 148 valence electrons. The van der Waals surface area contributed by atoms with Gasteiger partial charge in [-0.15, -0.1) is 0 Å². The van der Waals surface area contributed by atoms with E-state index in [2.05, 4.69) is 5.10 Å². The van der Waals surface area contributed by atoms with E-state index in [-0.39, 0.29) is 12.5 Å². The van der Waals surface area contributed by atoms with Gasteiger partial charge in [-0.05, 0) is 35.6 Å². The molecule has 0 bridgehead atoms. The van der Waals surface area contributed by atoms with Crippen molar-refractivity contribution in [2.45, 2.75) is 46.1 Å². The molecule has 0 atom stereocenters. The van der Waals surface area contributed by atoms with E-state index in [0.717, 1.165) is 11.1 Å². The minimum Gasteiger partial charge on any atom is -0.334 e. The Hall–Kier alpha value is -2.02. The fourth-order valence-electron chi connectivity index (χ4n) is 3.03. The molecule has 0 spiro atoms. The topological polar surface area (TPSA) is 38.1 Å². The number of benzene rings is 1. The molecule has 1 amide bonds. The third kappa shape index (κ3) is 4.64. The molecule has 1 heterocycles. The number of halogens is 4. The summed E-state index contributed by atoms with van der Waals surface area (Å²) in [6, 6.07) is 5.40. The van der Waals surface area contributed by atoms with Crippen LogP contribution in [0.2, 0.25) is 5.02 Å². The highest BCUT2D eigenvalue weighted by molar-refractivity contribution is 6.30. The molecule has 0 aliphatic rings. The van der Waals surface area contributed by atoms with Gasteiger partial charge in [0.1, 0.15) is 11.3 Å². The molecule has 27 heavy (non-hydrogen) atoms. The van der Waals surface area contributed by atoms with Gasteiger partial charge in [-0.2, -0.15) is 9.49 Å². The number of carbonyl (C=O) groups is 1. The third-order valence-corrected chi connectivity index (χ3v) is 4.53. The van der Waals surface area contributed by atoms with Crippen LogP contribution in [-0.4, -0.2) is 27.1 Å². The quantitative estimate of drug-likeness (QED) is 0.629. The lowest BCUT2D eigenvalue weighted by Crippen LogP contribution is -2.33. The van der Waals surface area contributed by atoms with Gasteiger partial charge in [-0.1, -0.05) is 38.4 Å². The summed E-state index contributed by atoms with van der Waals surface area (Å²) < 4.78 is 41.5. The third-order valence-electron chi connectivity index (χ3n) is 4.29. The molecule has 0 unspecified atom stereocenters. The molecule has 2 rings (SSSR count). The highest BCUT2D eigenvalue weighted by atomic mass is 35.5. The van der Waals surface area contributed by atoms with E-state index in [4.69, 9.17) is 11.6 Å². The summed E-state index contributed by atoms with van der Waals surface area (Å²) in [7, 11) is 1.19. The van der Waals surface area contributed by atoms with Crippen molar-refractivity contribution in [2.75, 3.05) is 6.54 Å². The number of aromatic nitrogens is 2. The van der Waals surface area contributed by atoms with Crippen LogP contribution in [0.4, 0.5) is 13.2 Å². The smallest absolute Gasteiger partial charge is 0.283 e. The summed E-state index contributed by atoms with van der Waals surface area (Å²) in [4.78, 5) is 14.3. The molecule has 8 heteroatoms. The summed E-state index contributed by atoms with van der Waals surface area (Å²) >= 11 is 6.10. The Morgan fingerprint density at radius 2 is 2.00 bits per heavy atom. The van der Waals surface area contributed by atoms with E-state index in [0.29, 0.717) is 22.7 Å². The molecule has 1 aromatic heterocycles. The average molecular weight is 402 g/mol. The average Bonchev–Trinajstić information content (AvgIpc) is 2.89. The monoisotopic (exact) mass is 401 g/mol. The van der Waals surface area contributed by atoms with Gasteiger partial charge in [0, 0.05) is 25.2 Å². The van der Waals surface area contributed by atoms with Gasteiger partial charge >= 0.3 is 0 Å². The van der Waals surface area contributed by atoms with Crippen molar-refractivity contribution >= 4 is 17.5 Å². The first-order chi connectivity index (χ1) is 12.7. The fourth-order valence-corrected chi connectivity index (χ4v) is 3.23. The maximum Gasteiger partial charge on any atom is 0.283 e. The number of hydrogen-bond donors (Lipinski definition) is 0. The Balaban J connectivity index is 2.45. The molecule has 0 radical (unpaired) electrons. The Kier molecular flexibility index (Phi) is 6.92. The van der Waals surface area contributed by atoms with E-state index in [1.807, 2.05) is 26.8 Å². The first-order valence-electron chi connectivity index (χ1n) is 8.75. The van der Waals surface area contributed by atoms with Crippen LogP contribution in [0.15, 0.2) is 18.2 Å². The number of rotatable bonds is 7. The maximum atomic E-state index is 14.3. The van der Waals surface area contributed by atoms with Crippen LogP contribution in [0.1, 0.15) is 66.7 Å². The van der Waals surface area contributed by atoms with Crippen molar-refractivity contribution in [3.8, 4) is 0 Å². The van der Waals surface area contributed by atoms with E-state index >= 15 is 0 Å². The predicted molar refractivity (Wildman–Crippen MR) is 98.7 cm³/mol. The largest absolute Gasteiger partial charge is 0.334 e. The second-order valence-electron chi connectivity index (χ2n) is 6.70. The van der Waals surface area contributed by atoms with Crippen molar-refractivity contribution in [3.05, 3.63) is 51.6 Å². The van der Waals surface area contributed by atoms with Gasteiger partial charge in [0.15, 0.2) is 0 Å². The lowest BCUT2D eigenvalue weighted by molar-refractivity contribution is 0.0725. The summed E-state index contributed by atoms with van der Waals surface area (Å²) in [5.74, 6) is -1.68. The number of hydrogen-bond acceptors (Lipinski definition) is 2. The van der Waals surface area contributed by atoms with Crippen molar-refractivity contribution in [3.63, 3.8) is 0 Å². The molecule has 0 fully saturated rings. The van der Waals surface area contributed by atoms with Crippen molar-refractivity contribution in [1.29, 1.82) is 0 Å². The fraction of sp³-hybridized carbons (Fsp3) is 0.474. The molecule has 0 saturated carbocycles. The first-order valence-corrected chi connectivity index (χ1v) is 9.13. The Morgan fingerprint density at radius 3 is 2.56 bits per heavy atom. The number of carbonyl (C=O) groups excluding carboxylic acids is 1. The van der Waals surface area contributed by atoms with Crippen molar-refractivity contribution in [1.82, 2.24) is 14.7 Å². The normalized spacial score (nSPS) is 11.5. The number of nitrogens with zero attached hydrogens (tertiary/aromatic N) is 3. The molecular weight excluding hydrogens is 379 g/mol. The second-order valence-corrected chi connectivity index (χ2v) is 7.14. The maximum absolute atomic E-state index is 14.3. The number of aryl methyl sites for hydroxylation is 1. The van der Waals surface area contributed by atoms with Crippen LogP contribution in [0.25, 0.3) is 0 Å². The minimum atomic E-state index is -3.04. The molecule has 1 aromatic carbocycles. The highest BCUT2D eigenvalue weighted by Crippen LogP contribution is 2.28. The van der Waals surface area contributed by atoms with Crippen LogP contribution in [0, 0.1) is 5.95 Å². The standard InChI is InChI=1S/C19H23ClF3N3O/c1-5-8-26(10-12-9-13(20)6-7-14(12)11(2)3)19(27)15-16(17(21)22)24-25(4)18(15)23/h6-7,9,11,17H,5,8,10H2,1-4H3. The Morgan fingerprint density at radius 1 is 1.33 bits per heavy atom. The number of amides is 1. The van der Waals surface area contributed by atoms with Crippen LogP contribution in [-0.2, 0) is 13.6 Å². The molecule has 0 N–H and O–H groups in total. The molecular formula is C19H23ClF3N3O. The molecule has 0 aliphatic heterocycles. The summed E-state index contributed by atoms with van der Waals surface area (Å²) in [6.07, 6.45) is -2.45. The summed E-state index contributed by atoms with van der Waals surface area (Å²) in [6.45, 7) is 6.32. The van der Waals surface area contributed by atoms with Gasteiger partial charge in [0.2, 0.25) is 5.95 Å². The van der Waals surface area contributed by atoms with Gasteiger partial charge in [0.05, 0.1) is 0 Å². The van der Waals surface area contributed by atoms with E-state index in [1.165, 1.54) is 11.9 Å². The van der Waals surface area contributed by atoms with Crippen LogP contribution < -0.4 is 0 Å². The van der Waals surface area contributed by atoms with Gasteiger partial charge in [0.25, 0.3) is 12.3 Å². The molecule has 0 saturated heterocycles. The Bertz CT molecular complexity index is 821. The van der Waals surface area contributed by atoms with Crippen LogP contribution in [0.3, 0.4) is 0 Å². The van der Waals surface area contributed by atoms with Crippen LogP contribution in [0.5, 0.6) is 0 Å². The van der Waals surface area contributed by atoms with Gasteiger partial charge in [-0.25, -0.2) is 13.5 Å². The highest BCUT2D eigenvalue weighted by Gasteiger charge is 2.31. The van der Waals surface area contributed by atoms with Gasteiger partial charge in [-0.3, -0.25) is 4.79 Å². The Labute approximate surface area is 161 Å². The van der Waals surface area contributed by atoms with Crippen molar-refractivity contribution in [2.24, 2.45) is 7.05 Å². The number of alkyl halides is 2. The lowest BCUT2D eigenvalue weighted by Gasteiger charge is -2.24. The van der Waals surface area contributed by atoms with Crippen molar-refractivity contribution < 1.29 is 18.0 Å². The zero-order valence-corrected chi connectivity index (χ0v) is 16.5. The zero-order valence-electron chi connectivity index (χ0n) is 15.8. The molecule has 0 aliphatic carbocycles. The predicted octanol–water partition coefficient (Wildman–Crippen LogP) is 5.33. The SMILES string of the molecule is CCCN(Cc1cc(Cl)ccc1C(C)C)C(=O)c1c(C(F)F)nn(C)c1F. The summed E-state index contributed by atoms with van der Waals surface area (Å²) in [5, 5.41) is 3.98. The lowest BCUT2D eigenvalue weighted by atomic mass is 9.96. The second kappa shape index (κ2) is 8.78. The molecule has 4 nitrogen and oxygen atoms in total. The van der Waals surface area contributed by atoms with E-state index in [9.17, 15) is 18.0 Å². The summed E-state index contributed by atoms with van der Waals surface area (Å²) in [5.41, 5.74) is 0.293. The minimum absolute atomic E-state index is 0.151.